The smallest absolute Gasteiger partial charge is 0.127 e. The Bertz CT molecular complexity index is 628. The van der Waals surface area contributed by atoms with Crippen LogP contribution in [-0.4, -0.2) is 4.21 Å². The molecule has 0 aliphatic carbocycles. The number of hydrogen-bond donors (Lipinski definition) is 1. The van der Waals surface area contributed by atoms with Crippen molar-refractivity contribution in [2.45, 2.75) is 25.0 Å². The molecule has 0 spiro atoms. The van der Waals surface area contributed by atoms with Crippen molar-refractivity contribution >= 4 is 10.8 Å². The lowest BCUT2D eigenvalue weighted by Gasteiger charge is -2.07. The van der Waals surface area contributed by atoms with Crippen molar-refractivity contribution in [3.63, 3.8) is 0 Å². The molecule has 2 aromatic carbocycles. The fourth-order valence-electron chi connectivity index (χ4n) is 2.00. The molecule has 106 valence electrons. The molecule has 2 N–H and O–H groups in total. The van der Waals surface area contributed by atoms with Crippen LogP contribution >= 0.6 is 0 Å². The first-order chi connectivity index (χ1) is 9.60. The van der Waals surface area contributed by atoms with Crippen LogP contribution in [0, 0.1) is 12.7 Å². The van der Waals surface area contributed by atoms with E-state index in [0.717, 1.165) is 16.7 Å². The van der Waals surface area contributed by atoms with Crippen LogP contribution in [0.2, 0.25) is 0 Å². The topological polar surface area (TPSA) is 43.1 Å². The van der Waals surface area contributed by atoms with Gasteiger partial charge in [-0.1, -0.05) is 36.4 Å². The number of aryl methyl sites for hydroxylation is 1. The molecular weight excluding hydrogens is 273 g/mol. The molecule has 1 atom stereocenters. The molecule has 0 saturated heterocycles. The van der Waals surface area contributed by atoms with E-state index in [4.69, 9.17) is 5.73 Å². The minimum absolute atomic E-state index is 0.227. The third-order valence-electron chi connectivity index (χ3n) is 3.25. The zero-order valence-corrected chi connectivity index (χ0v) is 12.3. The minimum Gasteiger partial charge on any atom is -0.326 e. The maximum Gasteiger partial charge on any atom is 0.127 e. The van der Waals surface area contributed by atoms with E-state index >= 15 is 0 Å². The van der Waals surface area contributed by atoms with Crippen LogP contribution in [0.1, 0.15) is 22.3 Å². The highest BCUT2D eigenvalue weighted by Gasteiger charge is 2.09. The molecule has 0 aliphatic rings. The first-order valence-electron chi connectivity index (χ1n) is 6.47. The summed E-state index contributed by atoms with van der Waals surface area (Å²) >= 11 is 0. The Labute approximate surface area is 121 Å². The van der Waals surface area contributed by atoms with Gasteiger partial charge in [0.05, 0.1) is 5.75 Å². The summed E-state index contributed by atoms with van der Waals surface area (Å²) in [6.45, 7) is 2.30. The zero-order valence-electron chi connectivity index (χ0n) is 11.4. The van der Waals surface area contributed by atoms with E-state index in [1.54, 1.807) is 12.1 Å². The first-order valence-corrected chi connectivity index (χ1v) is 7.96. The van der Waals surface area contributed by atoms with Crippen molar-refractivity contribution in [1.82, 2.24) is 0 Å². The van der Waals surface area contributed by atoms with E-state index < -0.39 is 10.8 Å². The predicted molar refractivity (Wildman–Crippen MR) is 81.0 cm³/mol. The van der Waals surface area contributed by atoms with E-state index in [0.29, 0.717) is 17.9 Å². The summed E-state index contributed by atoms with van der Waals surface area (Å²) in [4.78, 5) is 0. The summed E-state index contributed by atoms with van der Waals surface area (Å²) < 4.78 is 26.0. The minimum atomic E-state index is -1.12. The van der Waals surface area contributed by atoms with E-state index in [9.17, 15) is 8.60 Å². The Balaban J connectivity index is 2.07. The van der Waals surface area contributed by atoms with Gasteiger partial charge in [-0.2, -0.15) is 0 Å². The standard InChI is InChI=1S/C16H18FNOS/c1-12-4-2-3-5-14(12)10-20(19)11-15-7-6-13(9-18)8-16(15)17/h2-8H,9-11,18H2,1H3. The molecule has 2 nitrogen and oxygen atoms in total. The van der Waals surface area contributed by atoms with Crippen molar-refractivity contribution in [2.75, 3.05) is 0 Å². The van der Waals surface area contributed by atoms with Gasteiger partial charge in [0.1, 0.15) is 5.82 Å². The van der Waals surface area contributed by atoms with Crippen LogP contribution in [-0.2, 0) is 28.9 Å². The Morgan fingerprint density at radius 1 is 1.10 bits per heavy atom. The Morgan fingerprint density at radius 3 is 2.45 bits per heavy atom. The van der Waals surface area contributed by atoms with Crippen LogP contribution in [0.15, 0.2) is 42.5 Å². The molecule has 0 aromatic heterocycles. The third kappa shape index (κ3) is 3.74. The molecule has 0 bridgehead atoms. The average Bonchev–Trinajstić information content (AvgIpc) is 2.43. The van der Waals surface area contributed by atoms with Crippen molar-refractivity contribution in [1.29, 1.82) is 0 Å². The van der Waals surface area contributed by atoms with Crippen molar-refractivity contribution in [2.24, 2.45) is 5.73 Å². The van der Waals surface area contributed by atoms with Gasteiger partial charge < -0.3 is 5.73 Å². The largest absolute Gasteiger partial charge is 0.326 e. The van der Waals surface area contributed by atoms with Crippen LogP contribution in [0.5, 0.6) is 0 Å². The lowest BCUT2D eigenvalue weighted by molar-refractivity contribution is 0.613. The molecule has 0 heterocycles. The fourth-order valence-corrected chi connectivity index (χ4v) is 3.36. The van der Waals surface area contributed by atoms with Crippen LogP contribution in [0.3, 0.4) is 0 Å². The van der Waals surface area contributed by atoms with E-state index in [1.165, 1.54) is 6.07 Å². The molecule has 0 aliphatic heterocycles. The molecular formula is C16H18FNOS. The van der Waals surface area contributed by atoms with Gasteiger partial charge in [0.15, 0.2) is 0 Å². The number of nitrogens with two attached hydrogens (primary N) is 1. The van der Waals surface area contributed by atoms with Gasteiger partial charge >= 0.3 is 0 Å². The molecule has 0 amide bonds. The van der Waals surface area contributed by atoms with Gasteiger partial charge in [0, 0.05) is 28.7 Å². The molecule has 0 saturated carbocycles. The number of benzene rings is 2. The Kier molecular flexibility index (Phi) is 5.04. The SMILES string of the molecule is Cc1ccccc1CS(=O)Cc1ccc(CN)cc1F. The second-order valence-electron chi connectivity index (χ2n) is 4.78. The Morgan fingerprint density at radius 2 is 1.80 bits per heavy atom. The van der Waals surface area contributed by atoms with Gasteiger partial charge in [0.25, 0.3) is 0 Å². The molecule has 1 unspecified atom stereocenters. The summed E-state index contributed by atoms with van der Waals surface area (Å²) in [5, 5.41) is 0. The highest BCUT2D eigenvalue weighted by Crippen LogP contribution is 2.16. The van der Waals surface area contributed by atoms with E-state index in [1.807, 2.05) is 31.2 Å². The van der Waals surface area contributed by atoms with Gasteiger partial charge in [-0.05, 0) is 29.7 Å². The van der Waals surface area contributed by atoms with Crippen molar-refractivity contribution in [3.8, 4) is 0 Å². The van der Waals surface area contributed by atoms with Crippen molar-refractivity contribution < 1.29 is 8.60 Å². The third-order valence-corrected chi connectivity index (χ3v) is 4.51. The maximum absolute atomic E-state index is 13.8. The van der Waals surface area contributed by atoms with Gasteiger partial charge in [-0.3, -0.25) is 4.21 Å². The molecule has 4 heteroatoms. The fraction of sp³-hybridized carbons (Fsp3) is 0.250. The molecule has 20 heavy (non-hydrogen) atoms. The lowest BCUT2D eigenvalue weighted by atomic mass is 10.1. The average molecular weight is 291 g/mol. The summed E-state index contributed by atoms with van der Waals surface area (Å²) in [7, 11) is -1.12. The lowest BCUT2D eigenvalue weighted by Crippen LogP contribution is -2.04. The second-order valence-corrected chi connectivity index (χ2v) is 6.24. The van der Waals surface area contributed by atoms with Crippen LogP contribution in [0.4, 0.5) is 4.39 Å². The van der Waals surface area contributed by atoms with Crippen LogP contribution in [0.25, 0.3) is 0 Å². The van der Waals surface area contributed by atoms with Crippen LogP contribution < -0.4 is 5.73 Å². The summed E-state index contributed by atoms with van der Waals surface area (Å²) in [5.41, 5.74) is 8.85. The highest BCUT2D eigenvalue weighted by molar-refractivity contribution is 7.83. The summed E-state index contributed by atoms with van der Waals surface area (Å²) in [5.74, 6) is 0.349. The quantitative estimate of drug-likeness (QED) is 0.920. The monoisotopic (exact) mass is 291 g/mol. The maximum atomic E-state index is 13.8. The van der Waals surface area contributed by atoms with Gasteiger partial charge in [-0.25, -0.2) is 4.39 Å². The van der Waals surface area contributed by atoms with E-state index in [2.05, 4.69) is 0 Å². The predicted octanol–water partition coefficient (Wildman–Crippen LogP) is 3.04. The van der Waals surface area contributed by atoms with Gasteiger partial charge in [-0.15, -0.1) is 0 Å². The summed E-state index contributed by atoms with van der Waals surface area (Å²) in [6.07, 6.45) is 0. The van der Waals surface area contributed by atoms with Crippen molar-refractivity contribution in [3.05, 3.63) is 70.5 Å². The normalized spacial score (nSPS) is 12.3. The Hall–Kier alpha value is -1.52. The highest BCUT2D eigenvalue weighted by atomic mass is 32.2. The number of hydrogen-bond acceptors (Lipinski definition) is 2. The summed E-state index contributed by atoms with van der Waals surface area (Å²) in [6, 6.07) is 12.7. The molecule has 0 fully saturated rings. The zero-order chi connectivity index (χ0) is 14.5. The molecule has 0 radical (unpaired) electrons. The molecule has 2 rings (SSSR count). The number of halogens is 1. The molecule has 2 aromatic rings. The van der Waals surface area contributed by atoms with E-state index in [-0.39, 0.29) is 11.6 Å². The van der Waals surface area contributed by atoms with Gasteiger partial charge in [0.2, 0.25) is 0 Å². The first kappa shape index (κ1) is 14.9. The second kappa shape index (κ2) is 6.77. The number of rotatable bonds is 5.